The van der Waals surface area contributed by atoms with Crippen molar-refractivity contribution < 1.29 is 14.0 Å². The number of amides is 2. The van der Waals surface area contributed by atoms with Crippen molar-refractivity contribution in [1.82, 2.24) is 15.2 Å². The smallest absolute Gasteiger partial charge is 0.225 e. The van der Waals surface area contributed by atoms with E-state index in [9.17, 15) is 9.59 Å². The quantitative estimate of drug-likeness (QED) is 0.876. The number of carbonyl (C=O) groups is 2. The Morgan fingerprint density at radius 2 is 2.29 bits per heavy atom. The number of nitrogens with zero attached hydrogens (tertiary/aromatic N) is 2. The number of nitrogens with one attached hydrogen (secondary N) is 1. The van der Waals surface area contributed by atoms with Crippen molar-refractivity contribution in [2.45, 2.75) is 26.3 Å². The number of carbonyl (C=O) groups excluding carboxylic acids is 2. The summed E-state index contributed by atoms with van der Waals surface area (Å²) in [7, 11) is 0. The van der Waals surface area contributed by atoms with Gasteiger partial charge in [-0.15, -0.1) is 0 Å². The topological polar surface area (TPSA) is 75.4 Å². The summed E-state index contributed by atoms with van der Waals surface area (Å²) in [6.45, 7) is 3.36. The van der Waals surface area contributed by atoms with Crippen LogP contribution in [0, 0.1) is 12.8 Å². The van der Waals surface area contributed by atoms with Crippen LogP contribution in [0.15, 0.2) is 41.1 Å². The van der Waals surface area contributed by atoms with Crippen LogP contribution < -0.4 is 5.32 Å². The van der Waals surface area contributed by atoms with Crippen LogP contribution >= 0.6 is 0 Å². The maximum atomic E-state index is 12.3. The molecule has 0 unspecified atom stereocenters. The first-order valence-corrected chi connectivity index (χ1v) is 8.11. The number of aryl methyl sites for hydroxylation is 1. The van der Waals surface area contributed by atoms with Crippen molar-refractivity contribution in [1.29, 1.82) is 0 Å². The normalized spacial score (nSPS) is 17.3. The number of hydrogen-bond donors (Lipinski definition) is 1. The van der Waals surface area contributed by atoms with Crippen molar-refractivity contribution in [2.24, 2.45) is 5.92 Å². The minimum atomic E-state index is -0.285. The van der Waals surface area contributed by atoms with Crippen molar-refractivity contribution >= 4 is 11.8 Å². The molecule has 1 aliphatic heterocycles. The van der Waals surface area contributed by atoms with Gasteiger partial charge in [-0.2, -0.15) is 0 Å². The number of likely N-dealkylation sites (tertiary alicyclic amines) is 1. The molecule has 3 heterocycles. The average molecular weight is 327 g/mol. The molecule has 0 radical (unpaired) electrons. The van der Waals surface area contributed by atoms with E-state index in [1.54, 1.807) is 17.3 Å². The first-order valence-electron chi connectivity index (χ1n) is 8.11. The number of pyridine rings is 1. The number of aromatic nitrogens is 1. The van der Waals surface area contributed by atoms with E-state index < -0.39 is 0 Å². The van der Waals surface area contributed by atoms with Gasteiger partial charge < -0.3 is 14.6 Å². The number of rotatable bonds is 6. The van der Waals surface area contributed by atoms with Gasteiger partial charge in [-0.05, 0) is 30.7 Å². The number of hydrogen-bond acceptors (Lipinski definition) is 4. The van der Waals surface area contributed by atoms with E-state index in [1.807, 2.05) is 31.2 Å². The van der Waals surface area contributed by atoms with E-state index in [2.05, 4.69) is 10.3 Å². The molecule has 0 aliphatic carbocycles. The van der Waals surface area contributed by atoms with Gasteiger partial charge in [0.2, 0.25) is 11.8 Å². The summed E-state index contributed by atoms with van der Waals surface area (Å²) in [5.74, 6) is 1.38. The second-order valence-corrected chi connectivity index (χ2v) is 6.09. The molecule has 6 nitrogen and oxygen atoms in total. The predicted molar refractivity (Wildman–Crippen MR) is 87.9 cm³/mol. The van der Waals surface area contributed by atoms with Crippen LogP contribution in [0.2, 0.25) is 0 Å². The van der Waals surface area contributed by atoms with Gasteiger partial charge in [0.15, 0.2) is 0 Å². The molecule has 2 aromatic rings. The molecule has 1 aliphatic rings. The van der Waals surface area contributed by atoms with E-state index in [1.165, 1.54) is 0 Å². The van der Waals surface area contributed by atoms with Crippen LogP contribution in [0.1, 0.15) is 23.5 Å². The summed E-state index contributed by atoms with van der Waals surface area (Å²) in [6.07, 6.45) is 4.36. The van der Waals surface area contributed by atoms with Crippen molar-refractivity contribution in [2.75, 3.05) is 13.1 Å². The molecular formula is C18H21N3O3. The molecule has 24 heavy (non-hydrogen) atoms. The Morgan fingerprint density at radius 3 is 3.00 bits per heavy atom. The lowest BCUT2D eigenvalue weighted by atomic mass is 10.1. The third-order valence-electron chi connectivity index (χ3n) is 4.15. The fourth-order valence-corrected chi connectivity index (χ4v) is 2.89. The Labute approximate surface area is 140 Å². The SMILES string of the molecule is Cc1ccc(CCNC(=O)[C@H]2CC(=O)N(Cc3cccnc3)C2)o1. The molecule has 0 aromatic carbocycles. The summed E-state index contributed by atoms with van der Waals surface area (Å²) in [5, 5.41) is 2.90. The summed E-state index contributed by atoms with van der Waals surface area (Å²) in [5.41, 5.74) is 0.972. The van der Waals surface area contributed by atoms with Gasteiger partial charge in [0, 0.05) is 44.9 Å². The molecule has 1 fully saturated rings. The highest BCUT2D eigenvalue weighted by molar-refractivity contribution is 5.89. The first kappa shape index (κ1) is 16.2. The standard InChI is InChI=1S/C18H21N3O3/c1-13-4-5-16(24-13)6-8-20-18(23)15-9-17(22)21(12-15)11-14-3-2-7-19-10-14/h2-5,7,10,15H,6,8-9,11-12H2,1H3,(H,20,23)/t15-/m0/s1. The number of furan rings is 1. The lowest BCUT2D eigenvalue weighted by molar-refractivity contribution is -0.129. The van der Waals surface area contributed by atoms with Gasteiger partial charge in [0.05, 0.1) is 5.92 Å². The monoisotopic (exact) mass is 327 g/mol. The second kappa shape index (κ2) is 7.29. The van der Waals surface area contributed by atoms with Crippen LogP contribution in [0.3, 0.4) is 0 Å². The molecular weight excluding hydrogens is 306 g/mol. The maximum Gasteiger partial charge on any atom is 0.225 e. The lowest BCUT2D eigenvalue weighted by Gasteiger charge is -2.16. The van der Waals surface area contributed by atoms with Crippen LogP contribution in [-0.4, -0.2) is 34.8 Å². The van der Waals surface area contributed by atoms with Gasteiger partial charge in [-0.25, -0.2) is 0 Å². The molecule has 1 saturated heterocycles. The fraction of sp³-hybridized carbons (Fsp3) is 0.389. The third kappa shape index (κ3) is 4.01. The zero-order chi connectivity index (χ0) is 16.9. The zero-order valence-electron chi connectivity index (χ0n) is 13.7. The molecule has 2 amide bonds. The Hall–Kier alpha value is -2.63. The summed E-state index contributed by atoms with van der Waals surface area (Å²) in [4.78, 5) is 30.1. The van der Waals surface area contributed by atoms with Crippen LogP contribution in [0.25, 0.3) is 0 Å². The van der Waals surface area contributed by atoms with Gasteiger partial charge in [0.1, 0.15) is 11.5 Å². The largest absolute Gasteiger partial charge is 0.466 e. The third-order valence-corrected chi connectivity index (χ3v) is 4.15. The van der Waals surface area contributed by atoms with Gasteiger partial charge >= 0.3 is 0 Å². The van der Waals surface area contributed by atoms with Crippen molar-refractivity contribution in [3.8, 4) is 0 Å². The van der Waals surface area contributed by atoms with E-state index in [0.717, 1.165) is 17.1 Å². The van der Waals surface area contributed by atoms with E-state index in [-0.39, 0.29) is 24.2 Å². The van der Waals surface area contributed by atoms with E-state index in [0.29, 0.717) is 26.1 Å². The first-order chi connectivity index (χ1) is 11.6. The van der Waals surface area contributed by atoms with Gasteiger partial charge in [0.25, 0.3) is 0 Å². The minimum absolute atomic E-state index is 0.0145. The molecule has 126 valence electrons. The Balaban J connectivity index is 1.47. The molecule has 6 heteroatoms. The van der Waals surface area contributed by atoms with E-state index >= 15 is 0 Å². The molecule has 3 rings (SSSR count). The maximum absolute atomic E-state index is 12.3. The zero-order valence-corrected chi connectivity index (χ0v) is 13.7. The average Bonchev–Trinajstić information content (AvgIpc) is 3.15. The summed E-state index contributed by atoms with van der Waals surface area (Å²) < 4.78 is 5.47. The van der Waals surface area contributed by atoms with E-state index in [4.69, 9.17) is 4.42 Å². The lowest BCUT2D eigenvalue weighted by Crippen LogP contribution is -2.34. The summed E-state index contributed by atoms with van der Waals surface area (Å²) in [6, 6.07) is 7.59. The van der Waals surface area contributed by atoms with Crippen LogP contribution in [-0.2, 0) is 22.6 Å². The predicted octanol–water partition coefficient (Wildman–Crippen LogP) is 1.69. The molecule has 1 atom stereocenters. The second-order valence-electron chi connectivity index (χ2n) is 6.09. The molecule has 2 aromatic heterocycles. The minimum Gasteiger partial charge on any atom is -0.466 e. The molecule has 0 bridgehead atoms. The van der Waals surface area contributed by atoms with Crippen molar-refractivity contribution in [3.63, 3.8) is 0 Å². The van der Waals surface area contributed by atoms with Crippen LogP contribution in [0.4, 0.5) is 0 Å². The Morgan fingerprint density at radius 1 is 1.42 bits per heavy atom. The van der Waals surface area contributed by atoms with Gasteiger partial charge in [-0.1, -0.05) is 6.07 Å². The summed E-state index contributed by atoms with van der Waals surface area (Å²) >= 11 is 0. The van der Waals surface area contributed by atoms with Crippen molar-refractivity contribution in [3.05, 3.63) is 53.7 Å². The highest BCUT2D eigenvalue weighted by Crippen LogP contribution is 2.20. The molecule has 0 saturated carbocycles. The highest BCUT2D eigenvalue weighted by Gasteiger charge is 2.34. The molecule has 1 N–H and O–H groups in total. The molecule has 0 spiro atoms. The van der Waals surface area contributed by atoms with Crippen LogP contribution in [0.5, 0.6) is 0 Å². The Kier molecular flexibility index (Phi) is 4.93. The van der Waals surface area contributed by atoms with Gasteiger partial charge in [-0.3, -0.25) is 14.6 Å². The Bertz CT molecular complexity index is 711. The fourth-order valence-electron chi connectivity index (χ4n) is 2.89. The highest BCUT2D eigenvalue weighted by atomic mass is 16.3.